The Bertz CT molecular complexity index is 900. The average Bonchev–Trinajstić information content (AvgIpc) is 2.85. The Kier molecular flexibility index (Phi) is 9.09. The fourth-order valence-corrected chi connectivity index (χ4v) is 4.93. The van der Waals surface area contributed by atoms with Crippen LogP contribution in [0.5, 0.6) is 0 Å². The van der Waals surface area contributed by atoms with E-state index in [9.17, 15) is 0 Å². The smallest absolute Gasteiger partial charge is 0.130 e. The van der Waals surface area contributed by atoms with Crippen molar-refractivity contribution >= 4 is 47.9 Å². The lowest BCUT2D eigenvalue weighted by Gasteiger charge is -2.37. The first kappa shape index (κ1) is 26.2. The molecule has 0 atom stereocenters. The van der Waals surface area contributed by atoms with Gasteiger partial charge in [0, 0.05) is 89.0 Å². The fourth-order valence-electron chi connectivity index (χ4n) is 4.93. The second-order valence-electron chi connectivity index (χ2n) is 9.03. The number of nitrogens with zero attached hydrogens (tertiary/aromatic N) is 6. The predicted molar refractivity (Wildman–Crippen MR) is 149 cm³/mol. The van der Waals surface area contributed by atoms with Gasteiger partial charge in [-0.05, 0) is 61.4 Å². The largest absolute Gasteiger partial charge is 0.368 e. The molecule has 0 saturated carbocycles. The van der Waals surface area contributed by atoms with E-state index in [4.69, 9.17) is 9.98 Å². The van der Waals surface area contributed by atoms with Gasteiger partial charge in [-0.25, -0.2) is 0 Å². The third-order valence-corrected chi connectivity index (χ3v) is 6.81. The minimum atomic E-state index is 0. The molecule has 3 heterocycles. The molecule has 6 nitrogen and oxygen atoms in total. The summed E-state index contributed by atoms with van der Waals surface area (Å²) >= 11 is 0. The van der Waals surface area contributed by atoms with E-state index in [0.717, 1.165) is 76.9 Å². The number of benzene rings is 2. The van der Waals surface area contributed by atoms with Gasteiger partial charge in [0.2, 0.25) is 0 Å². The molecule has 3 aliphatic rings. The third-order valence-electron chi connectivity index (χ3n) is 6.81. The van der Waals surface area contributed by atoms with Crippen LogP contribution < -0.4 is 9.80 Å². The van der Waals surface area contributed by atoms with Gasteiger partial charge < -0.3 is 19.6 Å². The molecule has 0 aliphatic carbocycles. The number of hydrogen-bond acceptors (Lipinski definition) is 6. The van der Waals surface area contributed by atoms with Gasteiger partial charge in [-0.1, -0.05) is 0 Å². The van der Waals surface area contributed by atoms with Gasteiger partial charge in [-0.15, -0.1) is 24.8 Å². The average molecular weight is 504 g/mol. The molecule has 8 heteroatoms. The lowest BCUT2D eigenvalue weighted by molar-refractivity contribution is 0.468. The number of aliphatic imine (C=N–C) groups is 2. The molecule has 34 heavy (non-hydrogen) atoms. The molecule has 3 aliphatic heterocycles. The molecule has 0 spiro atoms. The molecule has 0 amide bonds. The number of halogens is 2. The second kappa shape index (κ2) is 11.8. The van der Waals surface area contributed by atoms with Crippen LogP contribution in [0.2, 0.25) is 0 Å². The summed E-state index contributed by atoms with van der Waals surface area (Å²) < 4.78 is 0. The number of anilines is 2. The van der Waals surface area contributed by atoms with E-state index in [2.05, 4.69) is 82.2 Å². The molecule has 0 N–H and O–H groups in total. The van der Waals surface area contributed by atoms with Crippen molar-refractivity contribution in [2.45, 2.75) is 12.8 Å². The lowest BCUT2D eigenvalue weighted by Crippen LogP contribution is -2.46. The van der Waals surface area contributed by atoms with Gasteiger partial charge in [0.15, 0.2) is 0 Å². The van der Waals surface area contributed by atoms with E-state index in [1.165, 1.54) is 22.5 Å². The maximum absolute atomic E-state index is 4.72. The van der Waals surface area contributed by atoms with Crippen molar-refractivity contribution in [2.24, 2.45) is 9.98 Å². The van der Waals surface area contributed by atoms with Crippen LogP contribution in [0.3, 0.4) is 0 Å². The van der Waals surface area contributed by atoms with Crippen LogP contribution in [0.15, 0.2) is 58.5 Å². The van der Waals surface area contributed by atoms with Gasteiger partial charge in [0.25, 0.3) is 0 Å². The highest BCUT2D eigenvalue weighted by molar-refractivity contribution is 5.99. The van der Waals surface area contributed by atoms with Crippen LogP contribution in [0.1, 0.15) is 24.0 Å². The standard InChI is InChI=1S/C26H34N6.2ClH/c1-29-15-3-13-27-25(29)21-5-9-23(10-6-21)31-17-19-32(20-18-31)24-11-7-22(8-12-24)26-28-14-4-16-30(26)2;;/h5-12H,3-4,13-20H2,1-2H3;2*1H. The minimum absolute atomic E-state index is 0. The van der Waals surface area contributed by atoms with Crippen LogP contribution in [0.25, 0.3) is 0 Å². The Morgan fingerprint density at radius 3 is 1.21 bits per heavy atom. The highest BCUT2D eigenvalue weighted by Crippen LogP contribution is 2.23. The van der Waals surface area contributed by atoms with Gasteiger partial charge in [0.1, 0.15) is 11.7 Å². The Hall–Kier alpha value is -2.44. The summed E-state index contributed by atoms with van der Waals surface area (Å²) in [7, 11) is 4.27. The van der Waals surface area contributed by atoms with Crippen molar-refractivity contribution in [1.82, 2.24) is 9.80 Å². The zero-order chi connectivity index (χ0) is 21.9. The molecule has 184 valence electrons. The highest BCUT2D eigenvalue weighted by Gasteiger charge is 2.19. The summed E-state index contributed by atoms with van der Waals surface area (Å²) in [6.07, 6.45) is 2.30. The van der Waals surface area contributed by atoms with E-state index in [1.54, 1.807) is 0 Å². The zero-order valence-corrected chi connectivity index (χ0v) is 21.8. The highest BCUT2D eigenvalue weighted by atomic mass is 35.5. The summed E-state index contributed by atoms with van der Waals surface area (Å²) in [5.74, 6) is 2.25. The summed E-state index contributed by atoms with van der Waals surface area (Å²) in [5.41, 5.74) is 5.06. The predicted octanol–water partition coefficient (Wildman–Crippen LogP) is 4.02. The van der Waals surface area contributed by atoms with E-state index < -0.39 is 0 Å². The Balaban J connectivity index is 0.00000162. The second-order valence-corrected chi connectivity index (χ2v) is 9.03. The van der Waals surface area contributed by atoms with Crippen molar-refractivity contribution in [1.29, 1.82) is 0 Å². The first-order valence-corrected chi connectivity index (χ1v) is 11.9. The summed E-state index contributed by atoms with van der Waals surface area (Å²) in [4.78, 5) is 19.0. The quantitative estimate of drug-likeness (QED) is 0.632. The molecule has 5 rings (SSSR count). The molecule has 2 aromatic rings. The minimum Gasteiger partial charge on any atom is -0.368 e. The van der Waals surface area contributed by atoms with Crippen molar-refractivity contribution in [2.75, 3.05) is 76.3 Å². The third kappa shape index (κ3) is 5.61. The zero-order valence-electron chi connectivity index (χ0n) is 20.2. The fraction of sp³-hybridized carbons (Fsp3) is 0.462. The summed E-state index contributed by atoms with van der Waals surface area (Å²) in [5, 5.41) is 0. The number of amidine groups is 2. The Morgan fingerprint density at radius 1 is 0.529 bits per heavy atom. The molecule has 0 bridgehead atoms. The van der Waals surface area contributed by atoms with E-state index >= 15 is 0 Å². The SMILES string of the molecule is CN1CCCN=C1c1ccc(N2CCN(c3ccc(C4=NCCCN4C)cc3)CC2)cc1.Cl.Cl. The van der Waals surface area contributed by atoms with Crippen molar-refractivity contribution in [3.05, 3.63) is 59.7 Å². The molecule has 0 radical (unpaired) electrons. The molecule has 1 saturated heterocycles. The van der Waals surface area contributed by atoms with Gasteiger partial charge in [-0.2, -0.15) is 0 Å². The first-order valence-electron chi connectivity index (χ1n) is 11.9. The molecular formula is C26H36Cl2N6. The number of piperazine rings is 1. The molecule has 0 unspecified atom stereocenters. The maximum atomic E-state index is 4.72. The van der Waals surface area contributed by atoms with Crippen molar-refractivity contribution in [3.8, 4) is 0 Å². The van der Waals surface area contributed by atoms with Crippen molar-refractivity contribution in [3.63, 3.8) is 0 Å². The molecule has 2 aromatic carbocycles. The maximum Gasteiger partial charge on any atom is 0.130 e. The van der Waals surface area contributed by atoms with Crippen LogP contribution in [0.4, 0.5) is 11.4 Å². The van der Waals surface area contributed by atoms with Gasteiger partial charge >= 0.3 is 0 Å². The van der Waals surface area contributed by atoms with E-state index in [1.807, 2.05) is 0 Å². The van der Waals surface area contributed by atoms with Crippen LogP contribution in [-0.4, -0.2) is 87.9 Å². The normalized spacial score (nSPS) is 18.5. The van der Waals surface area contributed by atoms with Crippen LogP contribution in [0, 0.1) is 0 Å². The number of hydrogen-bond donors (Lipinski definition) is 0. The summed E-state index contributed by atoms with van der Waals surface area (Å²) in [6, 6.07) is 17.9. The number of rotatable bonds is 4. The molecule has 1 fully saturated rings. The Morgan fingerprint density at radius 2 is 0.882 bits per heavy atom. The van der Waals surface area contributed by atoms with E-state index in [0.29, 0.717) is 0 Å². The van der Waals surface area contributed by atoms with Crippen LogP contribution in [-0.2, 0) is 0 Å². The molecule has 0 aromatic heterocycles. The first-order chi connectivity index (χ1) is 15.7. The van der Waals surface area contributed by atoms with E-state index in [-0.39, 0.29) is 24.8 Å². The lowest BCUT2D eigenvalue weighted by atomic mass is 10.1. The monoisotopic (exact) mass is 502 g/mol. The van der Waals surface area contributed by atoms with Gasteiger partial charge in [0.05, 0.1) is 0 Å². The summed E-state index contributed by atoms with van der Waals surface area (Å²) in [6.45, 7) is 8.22. The van der Waals surface area contributed by atoms with Crippen LogP contribution >= 0.6 is 24.8 Å². The van der Waals surface area contributed by atoms with Gasteiger partial charge in [-0.3, -0.25) is 9.98 Å². The Labute approximate surface area is 216 Å². The molecular weight excluding hydrogens is 467 g/mol. The topological polar surface area (TPSA) is 37.7 Å². The van der Waals surface area contributed by atoms with Crippen molar-refractivity contribution < 1.29 is 0 Å².